The van der Waals surface area contributed by atoms with Crippen LogP contribution in [0.1, 0.15) is 19.1 Å². The quantitative estimate of drug-likeness (QED) is 0.817. The molecule has 2 rings (SSSR count). The highest BCUT2D eigenvalue weighted by Crippen LogP contribution is 2.23. The van der Waals surface area contributed by atoms with E-state index in [2.05, 4.69) is 26.0 Å². The summed E-state index contributed by atoms with van der Waals surface area (Å²) >= 11 is 1.31. The van der Waals surface area contributed by atoms with Crippen molar-refractivity contribution < 1.29 is 9.32 Å². The Balaban J connectivity index is 2.01. The Labute approximate surface area is 113 Å². The van der Waals surface area contributed by atoms with Gasteiger partial charge in [0, 0.05) is 13.1 Å². The molecule has 0 spiro atoms. The van der Waals surface area contributed by atoms with E-state index in [0.717, 1.165) is 0 Å². The smallest absolute Gasteiger partial charge is 0.239 e. The largest absolute Gasteiger partial charge is 0.360 e. The lowest BCUT2D eigenvalue weighted by Gasteiger charge is -2.11. The van der Waals surface area contributed by atoms with Crippen molar-refractivity contribution in [2.45, 2.75) is 30.7 Å². The Morgan fingerprint density at radius 1 is 1.63 bits per heavy atom. The van der Waals surface area contributed by atoms with Crippen molar-refractivity contribution in [2.24, 2.45) is 7.05 Å². The molecular weight excluding hydrogens is 268 g/mol. The van der Waals surface area contributed by atoms with Crippen LogP contribution in [0.3, 0.4) is 0 Å². The third kappa shape index (κ3) is 3.31. The summed E-state index contributed by atoms with van der Waals surface area (Å²) in [5.41, 5.74) is 0. The van der Waals surface area contributed by atoms with Gasteiger partial charge in [-0.25, -0.2) is 4.68 Å². The summed E-state index contributed by atoms with van der Waals surface area (Å²) in [6.45, 7) is 3.69. The summed E-state index contributed by atoms with van der Waals surface area (Å²) in [4.78, 5) is 12.1. The van der Waals surface area contributed by atoms with E-state index in [-0.39, 0.29) is 11.2 Å². The van der Waals surface area contributed by atoms with Crippen molar-refractivity contribution in [3.05, 3.63) is 11.8 Å². The first kappa shape index (κ1) is 13.5. The average molecular weight is 282 g/mol. The van der Waals surface area contributed by atoms with Crippen LogP contribution in [-0.4, -0.2) is 36.5 Å². The summed E-state index contributed by atoms with van der Waals surface area (Å²) in [7, 11) is 1.73. The molecule has 0 radical (unpaired) electrons. The fraction of sp³-hybridized carbons (Fsp3) is 0.500. The Morgan fingerprint density at radius 2 is 2.42 bits per heavy atom. The third-order valence-electron chi connectivity index (χ3n) is 2.37. The van der Waals surface area contributed by atoms with E-state index in [4.69, 9.17) is 4.52 Å². The Kier molecular flexibility index (Phi) is 4.15. The van der Waals surface area contributed by atoms with E-state index in [1.54, 1.807) is 20.0 Å². The molecule has 0 bridgehead atoms. The molecule has 102 valence electrons. The normalized spacial score (nSPS) is 12.4. The van der Waals surface area contributed by atoms with E-state index in [1.807, 2.05) is 6.92 Å². The zero-order valence-corrected chi connectivity index (χ0v) is 11.6. The van der Waals surface area contributed by atoms with Gasteiger partial charge in [0.2, 0.25) is 11.1 Å². The monoisotopic (exact) mass is 282 g/mol. The van der Waals surface area contributed by atoms with Crippen molar-refractivity contribution >= 4 is 23.5 Å². The number of nitrogens with one attached hydrogen (secondary N) is 1. The Hall–Kier alpha value is -1.90. The van der Waals surface area contributed by atoms with Gasteiger partial charge in [0.15, 0.2) is 5.82 Å². The molecule has 0 saturated carbocycles. The van der Waals surface area contributed by atoms with Gasteiger partial charge in [0.25, 0.3) is 0 Å². The minimum absolute atomic E-state index is 0.149. The first-order valence-electron chi connectivity index (χ1n) is 5.73. The van der Waals surface area contributed by atoms with Crippen LogP contribution in [0, 0.1) is 6.92 Å². The highest BCUT2D eigenvalue weighted by molar-refractivity contribution is 8.00. The number of anilines is 1. The fourth-order valence-electron chi connectivity index (χ4n) is 1.40. The van der Waals surface area contributed by atoms with Crippen LogP contribution in [0.25, 0.3) is 0 Å². The molecule has 2 aromatic heterocycles. The third-order valence-corrected chi connectivity index (χ3v) is 3.76. The van der Waals surface area contributed by atoms with Gasteiger partial charge < -0.3 is 9.84 Å². The number of aromatic nitrogens is 5. The van der Waals surface area contributed by atoms with Gasteiger partial charge in [0.1, 0.15) is 5.76 Å². The SMILES string of the molecule is CCC(Sc1nnnn1C)C(=O)Nc1cc(C)on1. The number of tetrazole rings is 1. The highest BCUT2D eigenvalue weighted by atomic mass is 32.2. The molecule has 0 fully saturated rings. The van der Waals surface area contributed by atoms with E-state index < -0.39 is 0 Å². The summed E-state index contributed by atoms with van der Waals surface area (Å²) in [5.74, 6) is 0.912. The average Bonchev–Trinajstić information content (AvgIpc) is 2.95. The molecule has 0 aliphatic heterocycles. The maximum atomic E-state index is 12.1. The summed E-state index contributed by atoms with van der Waals surface area (Å²) in [5, 5.41) is 17.8. The lowest BCUT2D eigenvalue weighted by atomic mass is 10.3. The molecule has 1 atom stereocenters. The molecule has 2 heterocycles. The molecule has 0 saturated heterocycles. The lowest BCUT2D eigenvalue weighted by molar-refractivity contribution is -0.115. The van der Waals surface area contributed by atoms with Gasteiger partial charge in [0.05, 0.1) is 5.25 Å². The molecule has 9 heteroatoms. The topological polar surface area (TPSA) is 98.7 Å². The number of rotatable bonds is 5. The minimum Gasteiger partial charge on any atom is -0.360 e. The Morgan fingerprint density at radius 3 is 2.95 bits per heavy atom. The van der Waals surface area contributed by atoms with Crippen LogP contribution >= 0.6 is 11.8 Å². The molecular formula is C10H14N6O2S. The van der Waals surface area contributed by atoms with Crippen molar-refractivity contribution in [2.75, 3.05) is 5.32 Å². The number of hydrogen-bond acceptors (Lipinski definition) is 7. The number of aryl methyl sites for hydroxylation is 2. The van der Waals surface area contributed by atoms with Gasteiger partial charge in [-0.3, -0.25) is 4.79 Å². The maximum Gasteiger partial charge on any atom is 0.239 e. The van der Waals surface area contributed by atoms with E-state index >= 15 is 0 Å². The molecule has 1 amide bonds. The molecule has 0 aliphatic carbocycles. The first-order chi connectivity index (χ1) is 9.10. The van der Waals surface area contributed by atoms with E-state index in [9.17, 15) is 4.79 Å². The summed E-state index contributed by atoms with van der Waals surface area (Å²) in [6, 6.07) is 1.67. The van der Waals surface area contributed by atoms with Crippen molar-refractivity contribution in [1.82, 2.24) is 25.4 Å². The lowest BCUT2D eigenvalue weighted by Crippen LogP contribution is -2.25. The Bertz CT molecular complexity index is 566. The molecule has 1 unspecified atom stereocenters. The second-order valence-corrected chi connectivity index (χ2v) is 5.08. The predicted octanol–water partition coefficient (Wildman–Crippen LogP) is 1.02. The molecule has 2 aromatic rings. The first-order valence-corrected chi connectivity index (χ1v) is 6.61. The highest BCUT2D eigenvalue weighted by Gasteiger charge is 2.21. The van der Waals surface area contributed by atoms with Crippen molar-refractivity contribution in [3.8, 4) is 0 Å². The van der Waals surface area contributed by atoms with Gasteiger partial charge >= 0.3 is 0 Å². The summed E-state index contributed by atoms with van der Waals surface area (Å²) < 4.78 is 6.42. The van der Waals surface area contributed by atoms with E-state index in [1.165, 1.54) is 16.4 Å². The minimum atomic E-state index is -0.290. The van der Waals surface area contributed by atoms with Crippen LogP contribution in [0.15, 0.2) is 15.7 Å². The van der Waals surface area contributed by atoms with Gasteiger partial charge in [-0.15, -0.1) is 5.10 Å². The number of carbonyl (C=O) groups excluding carboxylic acids is 1. The second-order valence-electron chi connectivity index (χ2n) is 3.91. The van der Waals surface area contributed by atoms with Crippen LogP contribution in [0.5, 0.6) is 0 Å². The fourth-order valence-corrected chi connectivity index (χ4v) is 2.26. The predicted molar refractivity (Wildman–Crippen MR) is 68.6 cm³/mol. The number of thioether (sulfide) groups is 1. The number of hydrogen-bond donors (Lipinski definition) is 1. The maximum absolute atomic E-state index is 12.1. The zero-order chi connectivity index (χ0) is 13.8. The van der Waals surface area contributed by atoms with Gasteiger partial charge in [-0.1, -0.05) is 23.8 Å². The van der Waals surface area contributed by atoms with Crippen LogP contribution in [0.4, 0.5) is 5.82 Å². The number of nitrogens with zero attached hydrogens (tertiary/aromatic N) is 5. The molecule has 8 nitrogen and oxygen atoms in total. The van der Waals surface area contributed by atoms with Gasteiger partial charge in [-0.05, 0) is 23.8 Å². The summed E-state index contributed by atoms with van der Waals surface area (Å²) in [6.07, 6.45) is 0.653. The van der Waals surface area contributed by atoms with E-state index in [0.29, 0.717) is 23.2 Å². The number of carbonyl (C=O) groups is 1. The molecule has 0 aliphatic rings. The zero-order valence-electron chi connectivity index (χ0n) is 10.8. The number of amides is 1. The van der Waals surface area contributed by atoms with Crippen LogP contribution in [0.2, 0.25) is 0 Å². The van der Waals surface area contributed by atoms with Crippen molar-refractivity contribution in [3.63, 3.8) is 0 Å². The molecule has 0 aromatic carbocycles. The molecule has 19 heavy (non-hydrogen) atoms. The molecule has 1 N–H and O–H groups in total. The van der Waals surface area contributed by atoms with Gasteiger partial charge in [-0.2, -0.15) is 0 Å². The standard InChI is InChI=1S/C10H14N6O2S/c1-4-7(19-10-12-14-15-16(10)3)9(17)11-8-5-6(2)18-13-8/h5,7H,4H2,1-3H3,(H,11,13,17). The van der Waals surface area contributed by atoms with Crippen molar-refractivity contribution in [1.29, 1.82) is 0 Å². The second kappa shape index (κ2) is 5.83. The van der Waals surface area contributed by atoms with Crippen LogP contribution < -0.4 is 5.32 Å². The van der Waals surface area contributed by atoms with Crippen LogP contribution in [-0.2, 0) is 11.8 Å².